The number of hydrogen-bond donors (Lipinski definition) is 0. The molecule has 2 aliphatic rings. The van der Waals surface area contributed by atoms with Gasteiger partial charge in [0.25, 0.3) is 11.8 Å². The van der Waals surface area contributed by atoms with Crippen molar-refractivity contribution in [3.05, 3.63) is 155 Å². The van der Waals surface area contributed by atoms with E-state index in [0.717, 1.165) is 33.4 Å². The van der Waals surface area contributed by atoms with E-state index in [-0.39, 0.29) is 11.8 Å². The highest BCUT2D eigenvalue weighted by molar-refractivity contribution is 5.97. The molecule has 0 aromatic heterocycles. The van der Waals surface area contributed by atoms with Gasteiger partial charge in [0.1, 0.15) is 12.1 Å². The van der Waals surface area contributed by atoms with Crippen LogP contribution in [-0.4, -0.2) is 46.1 Å². The lowest BCUT2D eigenvalue weighted by molar-refractivity contribution is -0.243. The molecule has 4 atom stereocenters. The van der Waals surface area contributed by atoms with Crippen molar-refractivity contribution in [2.75, 3.05) is 0 Å². The lowest BCUT2D eigenvalue weighted by atomic mass is 9.87. The maximum absolute atomic E-state index is 13.9. The van der Waals surface area contributed by atoms with Gasteiger partial charge in [0.15, 0.2) is 12.2 Å². The van der Waals surface area contributed by atoms with Crippen LogP contribution in [-0.2, 0) is 32.3 Å². The van der Waals surface area contributed by atoms with Crippen LogP contribution in [0.4, 0.5) is 0 Å². The molecule has 4 aromatic rings. The zero-order chi connectivity index (χ0) is 30.5. The summed E-state index contributed by atoms with van der Waals surface area (Å²) in [6.45, 7) is 4.58. The summed E-state index contributed by atoms with van der Waals surface area (Å²) in [5.41, 5.74) is 5.85. The molecular weight excluding hydrogens is 548 g/mol. The lowest BCUT2D eigenvalue weighted by Gasteiger charge is -2.59. The number of ether oxygens (including phenoxy) is 2. The number of rotatable bonds is 11. The molecule has 44 heavy (non-hydrogen) atoms. The summed E-state index contributed by atoms with van der Waals surface area (Å²) < 4.78 is 12.5. The number of carbonyl (C=O) groups excluding carboxylic acids is 2. The summed E-state index contributed by atoms with van der Waals surface area (Å²) in [5, 5.41) is 3.17. The smallest absolute Gasteiger partial charge is 0.273 e. The molecule has 4 aromatic carbocycles. The number of β-lactam (4-membered cyclic amide) rings is 2. The van der Waals surface area contributed by atoms with Crippen LogP contribution in [0.1, 0.15) is 36.1 Å². The molecule has 2 aliphatic heterocycles. The molecule has 222 valence electrons. The number of hydrazine groups is 1. The molecule has 2 unspecified atom stereocenters. The first-order valence-corrected chi connectivity index (χ1v) is 14.9. The van der Waals surface area contributed by atoms with E-state index >= 15 is 0 Å². The molecule has 6 rings (SSSR count). The molecule has 2 heterocycles. The number of hydrogen-bond acceptors (Lipinski definition) is 4. The van der Waals surface area contributed by atoms with Gasteiger partial charge in [-0.05, 0) is 47.2 Å². The van der Waals surface area contributed by atoms with Gasteiger partial charge in [-0.3, -0.25) is 9.59 Å². The highest BCUT2D eigenvalue weighted by Gasteiger charge is 2.61. The fraction of sp³-hybridized carbons (Fsp3) is 0.211. The maximum Gasteiger partial charge on any atom is 0.273 e. The van der Waals surface area contributed by atoms with E-state index in [1.54, 1.807) is 10.0 Å². The first-order chi connectivity index (χ1) is 21.5. The van der Waals surface area contributed by atoms with Crippen LogP contribution in [0.5, 0.6) is 0 Å². The molecule has 0 aliphatic carbocycles. The molecule has 2 saturated heterocycles. The molecule has 2 amide bonds. The number of nitrogens with zero attached hydrogens (tertiary/aromatic N) is 2. The van der Waals surface area contributed by atoms with Crippen molar-refractivity contribution in [2.24, 2.45) is 0 Å². The Kier molecular flexibility index (Phi) is 8.82. The topological polar surface area (TPSA) is 59.1 Å². The van der Waals surface area contributed by atoms with Gasteiger partial charge >= 0.3 is 0 Å². The summed E-state index contributed by atoms with van der Waals surface area (Å²) in [6.07, 6.45) is 2.67. The van der Waals surface area contributed by atoms with E-state index in [0.29, 0.717) is 13.2 Å². The highest BCUT2D eigenvalue weighted by atomic mass is 16.5. The molecule has 2 fully saturated rings. The molecule has 0 radical (unpaired) electrons. The van der Waals surface area contributed by atoms with E-state index in [1.807, 2.05) is 135 Å². The summed E-state index contributed by atoms with van der Waals surface area (Å²) in [7, 11) is 0. The Balaban J connectivity index is 1.31. The second kappa shape index (κ2) is 13.2. The normalized spacial score (nSPS) is 22.0. The van der Waals surface area contributed by atoms with E-state index in [4.69, 9.17) is 9.47 Å². The van der Waals surface area contributed by atoms with Crippen LogP contribution in [0, 0.1) is 0 Å². The summed E-state index contributed by atoms with van der Waals surface area (Å²) >= 11 is 0. The van der Waals surface area contributed by atoms with Crippen LogP contribution in [0.3, 0.4) is 0 Å². The monoisotopic (exact) mass is 584 g/mol. The maximum atomic E-state index is 13.9. The molecular formula is C38H36N2O4. The number of amides is 2. The predicted molar refractivity (Wildman–Crippen MR) is 171 cm³/mol. The van der Waals surface area contributed by atoms with Crippen molar-refractivity contribution < 1.29 is 19.1 Å². The van der Waals surface area contributed by atoms with Gasteiger partial charge in [0.2, 0.25) is 0 Å². The molecule has 6 nitrogen and oxygen atoms in total. The predicted octanol–water partition coefficient (Wildman–Crippen LogP) is 6.70. The third kappa shape index (κ3) is 6.13. The summed E-state index contributed by atoms with van der Waals surface area (Å²) in [4.78, 5) is 27.7. The van der Waals surface area contributed by atoms with Crippen LogP contribution >= 0.6 is 0 Å². The van der Waals surface area contributed by atoms with Gasteiger partial charge in [-0.2, -0.15) is 0 Å². The van der Waals surface area contributed by atoms with E-state index in [2.05, 4.69) is 12.2 Å². The minimum atomic E-state index is -0.716. The average Bonchev–Trinajstić information content (AvgIpc) is 3.05. The Morgan fingerprint density at radius 3 is 1.20 bits per heavy atom. The van der Waals surface area contributed by atoms with Crippen molar-refractivity contribution >= 4 is 24.0 Å². The van der Waals surface area contributed by atoms with E-state index in [1.165, 1.54) is 0 Å². The SMILES string of the molecule is C/C(=C\c1ccccc1)C1C(OCc2ccccc2)C(=O)N1N1C(=O)[C@@H](OCc2ccccc2)[C@H]1/C(C)=C/c1ccccc1. The molecule has 0 N–H and O–H groups in total. The van der Waals surface area contributed by atoms with Gasteiger partial charge in [-0.15, -0.1) is 0 Å². The Hall–Kier alpha value is -4.78. The zero-order valence-corrected chi connectivity index (χ0v) is 25.0. The Morgan fingerprint density at radius 1 is 0.545 bits per heavy atom. The first-order valence-electron chi connectivity index (χ1n) is 14.9. The standard InChI is InChI=1S/C38H36N2O4/c1-27(23-29-15-7-3-8-16-29)33-35(43-25-31-19-11-5-12-20-31)37(41)39(33)40-34(28(2)24-30-17-9-4-10-18-30)36(38(40)42)44-26-32-21-13-6-14-22-32/h3-24,33-36H,25-26H2,1-2H3/b27-23+,28-24+/t33-,34?,35+,36?/m1/s1. The molecule has 0 saturated carbocycles. The Bertz CT molecular complexity index is 1510. The number of carbonyl (C=O) groups is 2. The third-order valence-electron chi connectivity index (χ3n) is 8.14. The van der Waals surface area contributed by atoms with Crippen molar-refractivity contribution in [3.8, 4) is 0 Å². The van der Waals surface area contributed by atoms with E-state index in [9.17, 15) is 9.59 Å². The molecule has 6 heteroatoms. The average molecular weight is 585 g/mol. The largest absolute Gasteiger partial charge is 0.361 e. The van der Waals surface area contributed by atoms with Crippen molar-refractivity contribution in [3.63, 3.8) is 0 Å². The Morgan fingerprint density at radius 2 is 0.864 bits per heavy atom. The van der Waals surface area contributed by atoms with Crippen LogP contribution in [0.2, 0.25) is 0 Å². The lowest BCUT2D eigenvalue weighted by Crippen LogP contribution is -2.81. The minimum Gasteiger partial charge on any atom is -0.361 e. The van der Waals surface area contributed by atoms with Gasteiger partial charge < -0.3 is 9.47 Å². The second-order valence-corrected chi connectivity index (χ2v) is 11.3. The third-order valence-corrected chi connectivity index (χ3v) is 8.14. The fourth-order valence-electron chi connectivity index (χ4n) is 5.88. The molecule has 0 bridgehead atoms. The van der Waals surface area contributed by atoms with Crippen LogP contribution in [0.15, 0.2) is 132 Å². The molecule has 0 spiro atoms. The van der Waals surface area contributed by atoms with Crippen LogP contribution in [0.25, 0.3) is 12.2 Å². The van der Waals surface area contributed by atoms with Crippen molar-refractivity contribution in [1.82, 2.24) is 10.0 Å². The first kappa shape index (κ1) is 29.3. The minimum absolute atomic E-state index is 0.237. The Labute approximate surface area is 258 Å². The second-order valence-electron chi connectivity index (χ2n) is 11.3. The van der Waals surface area contributed by atoms with Gasteiger partial charge in [0, 0.05) is 0 Å². The van der Waals surface area contributed by atoms with Gasteiger partial charge in [-0.25, -0.2) is 10.0 Å². The highest BCUT2D eigenvalue weighted by Crippen LogP contribution is 2.40. The van der Waals surface area contributed by atoms with Crippen LogP contribution < -0.4 is 0 Å². The van der Waals surface area contributed by atoms with Crippen molar-refractivity contribution in [1.29, 1.82) is 0 Å². The zero-order valence-electron chi connectivity index (χ0n) is 25.0. The quantitative estimate of drug-likeness (QED) is 0.184. The van der Waals surface area contributed by atoms with Gasteiger partial charge in [-0.1, -0.05) is 133 Å². The van der Waals surface area contributed by atoms with Crippen molar-refractivity contribution in [2.45, 2.75) is 51.4 Å². The summed E-state index contributed by atoms with van der Waals surface area (Å²) in [5.74, 6) is -0.474. The summed E-state index contributed by atoms with van der Waals surface area (Å²) in [6, 6.07) is 38.7. The number of benzene rings is 4. The fourth-order valence-corrected chi connectivity index (χ4v) is 5.88. The van der Waals surface area contributed by atoms with Gasteiger partial charge in [0.05, 0.1) is 13.2 Å². The van der Waals surface area contributed by atoms with E-state index < -0.39 is 24.3 Å².